The van der Waals surface area contributed by atoms with Gasteiger partial charge in [0, 0.05) is 6.07 Å². The van der Waals surface area contributed by atoms with Crippen LogP contribution in [0, 0.1) is 0 Å². The molecule has 0 aliphatic rings. The van der Waals surface area contributed by atoms with Crippen LogP contribution in [-0.4, -0.2) is 22.1 Å². The van der Waals surface area contributed by atoms with Gasteiger partial charge in [-0.2, -0.15) is 9.36 Å². The van der Waals surface area contributed by atoms with E-state index in [1.54, 1.807) is 28.6 Å². The predicted molar refractivity (Wildman–Crippen MR) is 54.6 cm³/mol. The molecular weight excluding hydrogens is 236 g/mol. The zero-order valence-corrected chi connectivity index (χ0v) is 10.0. The molecule has 0 bridgehead atoms. The van der Waals surface area contributed by atoms with Crippen LogP contribution in [0.5, 0.6) is 0 Å². The minimum absolute atomic E-state index is 0.0301. The van der Waals surface area contributed by atoms with Crippen LogP contribution >= 0.6 is 0 Å². The maximum atomic E-state index is 11.3. The van der Waals surface area contributed by atoms with Crippen molar-refractivity contribution in [2.75, 3.05) is 0 Å². The Kier molecular flexibility index (Phi) is 5.28. The van der Waals surface area contributed by atoms with Crippen molar-refractivity contribution in [2.45, 2.75) is 19.9 Å². The zero-order chi connectivity index (χ0) is 12.9. The van der Waals surface area contributed by atoms with Crippen molar-refractivity contribution in [1.82, 2.24) is 4.57 Å². The highest BCUT2D eigenvalue weighted by Crippen LogP contribution is 1.95. The fourth-order valence-electron chi connectivity index (χ4n) is 0.963. The smallest absolute Gasteiger partial charge is 0.497 e. The number of nitrogens with zero attached hydrogens (tertiary/aromatic N) is 2. The fraction of sp³-hybridized carbons (Fsp3) is 0.500. The molecule has 0 spiro atoms. The monoisotopic (exact) mass is 250 g/mol. The van der Waals surface area contributed by atoms with Crippen LogP contribution in [-0.2, 0) is 17.4 Å². The van der Waals surface area contributed by atoms with E-state index in [0.717, 1.165) is 0 Å². The second kappa shape index (κ2) is 5.73. The van der Waals surface area contributed by atoms with E-state index in [4.69, 9.17) is 17.5 Å². The molecule has 1 aromatic rings. The molecular formula is C8H14N2O5S. The summed E-state index contributed by atoms with van der Waals surface area (Å²) in [6, 6.07) is 2.09. The van der Waals surface area contributed by atoms with E-state index in [1.807, 2.05) is 19.9 Å². The van der Waals surface area contributed by atoms with Gasteiger partial charge in [-0.15, -0.1) is 0 Å². The molecule has 8 heteroatoms. The lowest BCUT2D eigenvalue weighted by atomic mass is 10.4. The molecule has 16 heavy (non-hydrogen) atoms. The first-order chi connectivity index (χ1) is 7.13. The van der Waals surface area contributed by atoms with E-state index in [-0.39, 0.29) is 11.7 Å². The molecule has 7 nitrogen and oxygen atoms in total. The first-order valence-corrected chi connectivity index (χ1v) is 5.74. The van der Waals surface area contributed by atoms with Gasteiger partial charge in [0.1, 0.15) is 0 Å². The third-order valence-electron chi connectivity index (χ3n) is 1.64. The largest absolute Gasteiger partial charge is 0.726 e. The van der Waals surface area contributed by atoms with Gasteiger partial charge in [-0.1, -0.05) is 0 Å². The fourth-order valence-corrected chi connectivity index (χ4v) is 0.963. The van der Waals surface area contributed by atoms with Crippen molar-refractivity contribution in [3.05, 3.63) is 28.9 Å². The minimum atomic E-state index is -4.92. The van der Waals surface area contributed by atoms with Gasteiger partial charge in [0.25, 0.3) is 0 Å². The van der Waals surface area contributed by atoms with Crippen molar-refractivity contribution in [3.8, 4) is 0 Å². The first-order valence-electron chi connectivity index (χ1n) is 4.38. The molecule has 92 valence electrons. The van der Waals surface area contributed by atoms with Gasteiger partial charge >= 0.3 is 5.69 Å². The Balaban J connectivity index is 0.000000385. The Bertz CT molecular complexity index is 483. The van der Waals surface area contributed by atoms with Gasteiger partial charge in [-0.25, -0.2) is 13.0 Å². The summed E-state index contributed by atoms with van der Waals surface area (Å²) >= 11 is 0. The topological polar surface area (TPSA) is 103 Å². The van der Waals surface area contributed by atoms with Crippen LogP contribution < -0.4 is 10.3 Å². The van der Waals surface area contributed by atoms with Crippen molar-refractivity contribution in [3.63, 3.8) is 0 Å². The molecule has 0 aliphatic carbocycles. The SMILES string of the molecule is CC(C)n1ccc[n+](C)c1=O.O=S(=O)([O-])O. The maximum Gasteiger partial charge on any atom is 0.497 e. The molecule has 0 fully saturated rings. The molecule has 1 rings (SSSR count). The number of aryl methyl sites for hydroxylation is 1. The predicted octanol–water partition coefficient (Wildman–Crippen LogP) is -0.742. The molecule has 0 saturated carbocycles. The number of hydrogen-bond donors (Lipinski definition) is 1. The summed E-state index contributed by atoms with van der Waals surface area (Å²) in [7, 11) is -3.17. The normalized spacial score (nSPS) is 10.9. The summed E-state index contributed by atoms with van der Waals surface area (Å²) in [6.45, 7) is 3.98. The summed E-state index contributed by atoms with van der Waals surface area (Å²) in [6.07, 6.45) is 3.55. The van der Waals surface area contributed by atoms with Gasteiger partial charge in [-0.3, -0.25) is 4.55 Å². The van der Waals surface area contributed by atoms with E-state index in [9.17, 15) is 4.79 Å². The van der Waals surface area contributed by atoms with Gasteiger partial charge in [0.15, 0.2) is 0 Å². The number of hydrogen-bond acceptors (Lipinski definition) is 4. The lowest BCUT2D eigenvalue weighted by Crippen LogP contribution is -2.51. The first kappa shape index (κ1) is 14.8. The minimum Gasteiger partial charge on any atom is -0.726 e. The molecule has 0 unspecified atom stereocenters. The van der Waals surface area contributed by atoms with E-state index in [0.29, 0.717) is 0 Å². The molecule has 0 aromatic carbocycles. The van der Waals surface area contributed by atoms with Gasteiger partial charge in [0.2, 0.25) is 10.4 Å². The Morgan fingerprint density at radius 1 is 1.50 bits per heavy atom. The molecule has 1 heterocycles. The van der Waals surface area contributed by atoms with E-state index in [2.05, 4.69) is 0 Å². The molecule has 1 aromatic heterocycles. The molecule has 0 radical (unpaired) electrons. The quantitative estimate of drug-likeness (QED) is 0.401. The Labute approximate surface area is 93.5 Å². The molecule has 0 atom stereocenters. The van der Waals surface area contributed by atoms with Crippen LogP contribution in [0.4, 0.5) is 0 Å². The highest BCUT2D eigenvalue weighted by molar-refractivity contribution is 7.79. The maximum absolute atomic E-state index is 11.3. The van der Waals surface area contributed by atoms with Gasteiger partial charge in [-0.05, 0) is 13.8 Å². The Hall–Kier alpha value is -1.25. The summed E-state index contributed by atoms with van der Waals surface area (Å²) < 4.78 is 36.1. The Morgan fingerprint density at radius 3 is 2.25 bits per heavy atom. The lowest BCUT2D eigenvalue weighted by Gasteiger charge is -2.01. The van der Waals surface area contributed by atoms with E-state index < -0.39 is 10.4 Å². The van der Waals surface area contributed by atoms with Crippen LogP contribution in [0.1, 0.15) is 19.9 Å². The summed E-state index contributed by atoms with van der Waals surface area (Å²) in [4.78, 5) is 11.3. The van der Waals surface area contributed by atoms with Crippen molar-refractivity contribution in [2.24, 2.45) is 7.05 Å². The summed E-state index contributed by atoms with van der Waals surface area (Å²) in [5, 5.41) is 0. The standard InChI is InChI=1S/C8H13N2O.H2O4S/c1-7(2)10-6-4-5-9(3)8(10)11;1-5(2,3)4/h4-7H,1-3H3;(H2,1,2,3,4)/q+1;/p-1. The van der Waals surface area contributed by atoms with Crippen LogP contribution in [0.3, 0.4) is 0 Å². The summed E-state index contributed by atoms with van der Waals surface area (Å²) in [5.41, 5.74) is 0.0301. The van der Waals surface area contributed by atoms with E-state index in [1.165, 1.54) is 0 Å². The van der Waals surface area contributed by atoms with Crippen LogP contribution in [0.15, 0.2) is 23.3 Å². The highest BCUT2D eigenvalue weighted by Gasteiger charge is 2.08. The third kappa shape index (κ3) is 6.27. The summed E-state index contributed by atoms with van der Waals surface area (Å²) in [5.74, 6) is 0. The third-order valence-corrected chi connectivity index (χ3v) is 1.64. The molecule has 0 aliphatic heterocycles. The number of aromatic nitrogens is 2. The van der Waals surface area contributed by atoms with Gasteiger partial charge in [0.05, 0.1) is 25.5 Å². The zero-order valence-electron chi connectivity index (χ0n) is 9.19. The van der Waals surface area contributed by atoms with Crippen molar-refractivity contribution >= 4 is 10.4 Å². The lowest BCUT2D eigenvalue weighted by molar-refractivity contribution is -0.691. The van der Waals surface area contributed by atoms with Crippen molar-refractivity contribution in [1.29, 1.82) is 0 Å². The Morgan fingerprint density at radius 2 is 1.94 bits per heavy atom. The average molecular weight is 250 g/mol. The molecule has 1 N–H and O–H groups in total. The highest BCUT2D eigenvalue weighted by atomic mass is 32.3. The van der Waals surface area contributed by atoms with E-state index >= 15 is 0 Å². The number of rotatable bonds is 1. The van der Waals surface area contributed by atoms with Gasteiger partial charge < -0.3 is 4.55 Å². The second-order valence-corrected chi connectivity index (χ2v) is 4.17. The average Bonchev–Trinajstić information content (AvgIpc) is 2.06. The molecule has 0 amide bonds. The van der Waals surface area contributed by atoms with Crippen LogP contribution in [0.25, 0.3) is 0 Å². The second-order valence-electron chi connectivity index (χ2n) is 3.31. The van der Waals surface area contributed by atoms with Crippen LogP contribution in [0.2, 0.25) is 0 Å². The van der Waals surface area contributed by atoms with Crippen molar-refractivity contribution < 1.29 is 22.1 Å². The molecule has 0 saturated heterocycles.